The maximum atomic E-state index is 12.2. The van der Waals surface area contributed by atoms with Gasteiger partial charge in [0, 0.05) is 11.6 Å². The molecule has 0 fully saturated rings. The fraction of sp³-hybridized carbons (Fsp3) is 0.167. The van der Waals surface area contributed by atoms with E-state index >= 15 is 0 Å². The highest BCUT2D eigenvalue weighted by atomic mass is 32.2. The minimum atomic E-state index is -0.246. The Morgan fingerprint density at radius 2 is 2.11 bits per heavy atom. The van der Waals surface area contributed by atoms with Crippen molar-refractivity contribution in [3.63, 3.8) is 0 Å². The molecule has 9 nitrogen and oxygen atoms in total. The van der Waals surface area contributed by atoms with Crippen molar-refractivity contribution in [3.8, 4) is 11.3 Å². The number of carbonyl (C=O) groups excluding carboxylic acids is 1. The average Bonchev–Trinajstić information content (AvgIpc) is 3.44. The topological polar surface area (TPSA) is 112 Å². The lowest BCUT2D eigenvalue weighted by Gasteiger charge is -2.02. The third kappa shape index (κ3) is 4.29. The van der Waals surface area contributed by atoms with Crippen molar-refractivity contribution in [2.45, 2.75) is 18.6 Å². The molecule has 4 rings (SSSR count). The van der Waals surface area contributed by atoms with Crippen LogP contribution >= 0.6 is 11.8 Å². The van der Waals surface area contributed by atoms with E-state index in [0.29, 0.717) is 17.4 Å². The van der Waals surface area contributed by atoms with E-state index in [-0.39, 0.29) is 17.5 Å². The number of thioether (sulfide) groups is 1. The van der Waals surface area contributed by atoms with Crippen molar-refractivity contribution in [2.24, 2.45) is 0 Å². The Bertz CT molecular complexity index is 1060. The highest BCUT2D eigenvalue weighted by Crippen LogP contribution is 2.22. The summed E-state index contributed by atoms with van der Waals surface area (Å²) >= 11 is 1.22. The molecule has 0 saturated carbocycles. The number of tetrazole rings is 1. The molecule has 3 aromatic heterocycles. The van der Waals surface area contributed by atoms with Gasteiger partial charge in [-0.2, -0.15) is 0 Å². The number of aryl methyl sites for hydroxylation is 1. The molecule has 0 atom stereocenters. The van der Waals surface area contributed by atoms with Gasteiger partial charge in [-0.05, 0) is 29.5 Å². The van der Waals surface area contributed by atoms with Gasteiger partial charge in [0.25, 0.3) is 0 Å². The predicted molar refractivity (Wildman–Crippen MR) is 102 cm³/mol. The average molecular weight is 396 g/mol. The van der Waals surface area contributed by atoms with Crippen molar-refractivity contribution < 1.29 is 13.7 Å². The molecule has 28 heavy (non-hydrogen) atoms. The summed E-state index contributed by atoms with van der Waals surface area (Å²) in [5, 5.41) is 18.7. The molecule has 10 heteroatoms. The van der Waals surface area contributed by atoms with Crippen LogP contribution < -0.4 is 5.32 Å². The van der Waals surface area contributed by atoms with E-state index in [2.05, 4.69) is 26.0 Å². The van der Waals surface area contributed by atoms with Crippen LogP contribution in [0.2, 0.25) is 0 Å². The Morgan fingerprint density at radius 1 is 1.25 bits per heavy atom. The molecular weight excluding hydrogens is 380 g/mol. The van der Waals surface area contributed by atoms with Crippen LogP contribution in [0.1, 0.15) is 11.3 Å². The van der Waals surface area contributed by atoms with Gasteiger partial charge in [-0.15, -0.1) is 5.10 Å². The van der Waals surface area contributed by atoms with Crippen molar-refractivity contribution >= 4 is 23.6 Å². The molecule has 0 aliphatic rings. The van der Waals surface area contributed by atoms with Crippen LogP contribution in [0.4, 0.5) is 5.88 Å². The summed E-state index contributed by atoms with van der Waals surface area (Å²) in [6.45, 7) is 2.41. The lowest BCUT2D eigenvalue weighted by molar-refractivity contribution is -0.113. The Balaban J connectivity index is 1.33. The second kappa shape index (κ2) is 8.09. The number of aromatic nitrogens is 5. The van der Waals surface area contributed by atoms with Crippen LogP contribution in [0.15, 0.2) is 62.8 Å². The van der Waals surface area contributed by atoms with E-state index < -0.39 is 0 Å². The summed E-state index contributed by atoms with van der Waals surface area (Å²) in [5.41, 5.74) is 2.74. The number of hydrogen-bond donors (Lipinski definition) is 1. The highest BCUT2D eigenvalue weighted by molar-refractivity contribution is 7.99. The Hall–Kier alpha value is -3.40. The number of anilines is 1. The van der Waals surface area contributed by atoms with E-state index in [4.69, 9.17) is 8.94 Å². The van der Waals surface area contributed by atoms with E-state index in [1.54, 1.807) is 23.1 Å². The third-order valence-electron chi connectivity index (χ3n) is 3.84. The number of nitrogens with zero attached hydrogens (tertiary/aromatic N) is 5. The molecule has 0 spiro atoms. The second-order valence-corrected chi connectivity index (χ2v) is 6.92. The molecule has 4 aromatic rings. The van der Waals surface area contributed by atoms with E-state index in [1.165, 1.54) is 11.8 Å². The second-order valence-electron chi connectivity index (χ2n) is 5.98. The molecule has 0 aliphatic heterocycles. The minimum Gasteiger partial charge on any atom is -0.467 e. The Morgan fingerprint density at radius 3 is 2.89 bits per heavy atom. The van der Waals surface area contributed by atoms with Crippen LogP contribution in [0.3, 0.4) is 0 Å². The van der Waals surface area contributed by atoms with E-state index in [0.717, 1.165) is 16.9 Å². The predicted octanol–water partition coefficient (Wildman–Crippen LogP) is 3.01. The van der Waals surface area contributed by atoms with Gasteiger partial charge in [0.2, 0.25) is 16.9 Å². The molecule has 0 unspecified atom stereocenters. The van der Waals surface area contributed by atoms with Crippen molar-refractivity contribution in [1.29, 1.82) is 0 Å². The zero-order valence-electron chi connectivity index (χ0n) is 14.9. The summed E-state index contributed by atoms with van der Waals surface area (Å²) < 4.78 is 12.1. The standard InChI is InChI=1S/C18H16N6O3S/c1-12-4-6-13(7-5-12)15-9-17(27-21-15)19-16(25)11-28-18-20-22-23-24(18)10-14-3-2-8-26-14/h2-9H,10-11H2,1H3,(H,19,25). The zero-order valence-corrected chi connectivity index (χ0v) is 15.7. The fourth-order valence-electron chi connectivity index (χ4n) is 2.45. The van der Waals surface area contributed by atoms with Gasteiger partial charge >= 0.3 is 0 Å². The van der Waals surface area contributed by atoms with E-state index in [1.807, 2.05) is 37.3 Å². The molecule has 1 aromatic carbocycles. The van der Waals surface area contributed by atoms with Gasteiger partial charge in [0.1, 0.15) is 18.0 Å². The molecule has 0 saturated heterocycles. The summed E-state index contributed by atoms with van der Waals surface area (Å²) in [6, 6.07) is 13.2. The van der Waals surface area contributed by atoms with Crippen LogP contribution in [-0.2, 0) is 11.3 Å². The molecule has 3 heterocycles. The Kier molecular flexibility index (Phi) is 5.20. The van der Waals surface area contributed by atoms with E-state index in [9.17, 15) is 4.79 Å². The zero-order chi connectivity index (χ0) is 19.3. The van der Waals surface area contributed by atoms with Crippen LogP contribution in [0.25, 0.3) is 11.3 Å². The maximum absolute atomic E-state index is 12.2. The van der Waals surface area contributed by atoms with Crippen molar-refractivity contribution in [3.05, 3.63) is 60.1 Å². The Labute approximate surface area is 164 Å². The number of amides is 1. The summed E-state index contributed by atoms with van der Waals surface area (Å²) in [7, 11) is 0. The fourth-order valence-corrected chi connectivity index (χ4v) is 3.12. The number of benzene rings is 1. The first-order chi connectivity index (χ1) is 13.7. The van der Waals surface area contributed by atoms with Gasteiger partial charge in [-0.3, -0.25) is 10.1 Å². The summed E-state index contributed by atoms with van der Waals surface area (Å²) in [4.78, 5) is 12.2. The van der Waals surface area contributed by atoms with Crippen LogP contribution in [0, 0.1) is 6.92 Å². The number of carbonyl (C=O) groups is 1. The maximum Gasteiger partial charge on any atom is 0.237 e. The smallest absolute Gasteiger partial charge is 0.237 e. The first-order valence-electron chi connectivity index (χ1n) is 8.42. The number of furan rings is 1. The quantitative estimate of drug-likeness (QED) is 0.475. The molecular formula is C18H16N6O3S. The van der Waals surface area contributed by atoms with Gasteiger partial charge in [0.05, 0.1) is 12.0 Å². The lowest BCUT2D eigenvalue weighted by atomic mass is 10.1. The highest BCUT2D eigenvalue weighted by Gasteiger charge is 2.13. The first kappa shape index (κ1) is 18.0. The monoisotopic (exact) mass is 396 g/mol. The van der Waals surface area contributed by atoms with Crippen molar-refractivity contribution in [2.75, 3.05) is 11.1 Å². The lowest BCUT2D eigenvalue weighted by Crippen LogP contribution is -2.14. The summed E-state index contributed by atoms with van der Waals surface area (Å²) in [5.74, 6) is 0.892. The number of nitrogens with one attached hydrogen (secondary N) is 1. The van der Waals surface area contributed by atoms with Crippen molar-refractivity contribution in [1.82, 2.24) is 25.4 Å². The van der Waals surface area contributed by atoms with Crippen LogP contribution in [0.5, 0.6) is 0 Å². The minimum absolute atomic E-state index is 0.124. The SMILES string of the molecule is Cc1ccc(-c2cc(NC(=O)CSc3nnnn3Cc3ccco3)on2)cc1. The van der Waals surface area contributed by atoms with Gasteiger partial charge < -0.3 is 8.94 Å². The first-order valence-corrected chi connectivity index (χ1v) is 9.41. The normalized spacial score (nSPS) is 10.9. The molecule has 1 N–H and O–H groups in total. The molecule has 0 radical (unpaired) electrons. The van der Waals surface area contributed by atoms with Gasteiger partial charge in [-0.25, -0.2) is 4.68 Å². The van der Waals surface area contributed by atoms with Crippen LogP contribution in [-0.4, -0.2) is 37.0 Å². The molecule has 0 aliphatic carbocycles. The van der Waals surface area contributed by atoms with Gasteiger partial charge in [0.15, 0.2) is 0 Å². The largest absolute Gasteiger partial charge is 0.467 e. The molecule has 0 bridgehead atoms. The van der Waals surface area contributed by atoms with Gasteiger partial charge in [-0.1, -0.05) is 46.7 Å². The molecule has 142 valence electrons. The third-order valence-corrected chi connectivity index (χ3v) is 4.79. The number of hydrogen-bond acceptors (Lipinski definition) is 8. The summed E-state index contributed by atoms with van der Waals surface area (Å²) in [6.07, 6.45) is 1.59. The number of rotatable bonds is 7. The molecule has 1 amide bonds.